The molecule has 18 heavy (non-hydrogen) atoms. The molecule has 1 aromatic rings. The highest BCUT2D eigenvalue weighted by Crippen LogP contribution is 2.12. The first-order chi connectivity index (χ1) is 8.69. The van der Waals surface area contributed by atoms with E-state index in [1.807, 2.05) is 0 Å². The highest BCUT2D eigenvalue weighted by atomic mass is 16.5. The fourth-order valence-electron chi connectivity index (χ4n) is 1.39. The maximum Gasteiger partial charge on any atom is 0.338 e. The monoisotopic (exact) mass is 248 g/mol. The molecule has 0 aliphatic rings. The number of rotatable bonds is 5. The van der Waals surface area contributed by atoms with Crippen molar-refractivity contribution in [3.63, 3.8) is 0 Å². The van der Waals surface area contributed by atoms with Crippen LogP contribution in [0.5, 0.6) is 0 Å². The van der Waals surface area contributed by atoms with E-state index in [0.29, 0.717) is 24.3 Å². The topological polar surface area (TPSA) is 52.6 Å². The van der Waals surface area contributed by atoms with Crippen molar-refractivity contribution < 1.29 is 19.1 Å². The summed E-state index contributed by atoms with van der Waals surface area (Å²) in [5, 5.41) is 0. The number of esters is 2. The summed E-state index contributed by atoms with van der Waals surface area (Å²) in [4.78, 5) is 22.9. The van der Waals surface area contributed by atoms with E-state index in [1.54, 1.807) is 44.2 Å². The Kier molecular flexibility index (Phi) is 5.64. The summed E-state index contributed by atoms with van der Waals surface area (Å²) in [5.41, 5.74) is 1.06. The van der Waals surface area contributed by atoms with Crippen molar-refractivity contribution in [2.24, 2.45) is 0 Å². The van der Waals surface area contributed by atoms with E-state index in [1.165, 1.54) is 6.08 Å². The number of benzene rings is 1. The molecule has 0 aliphatic carbocycles. The molecule has 0 saturated heterocycles. The van der Waals surface area contributed by atoms with Crippen LogP contribution >= 0.6 is 0 Å². The molecule has 0 fully saturated rings. The van der Waals surface area contributed by atoms with Crippen molar-refractivity contribution in [1.29, 1.82) is 0 Å². The van der Waals surface area contributed by atoms with Crippen molar-refractivity contribution in [3.05, 3.63) is 41.5 Å². The Morgan fingerprint density at radius 2 is 1.78 bits per heavy atom. The molecule has 0 atom stereocenters. The Bertz CT molecular complexity index is 449. The van der Waals surface area contributed by atoms with E-state index in [-0.39, 0.29) is 0 Å². The van der Waals surface area contributed by atoms with Crippen LogP contribution in [-0.4, -0.2) is 25.2 Å². The van der Waals surface area contributed by atoms with Crippen molar-refractivity contribution in [2.45, 2.75) is 13.8 Å². The fraction of sp³-hybridized carbons (Fsp3) is 0.286. The molecule has 1 rings (SSSR count). The summed E-state index contributed by atoms with van der Waals surface area (Å²) in [5.74, 6) is -0.835. The standard InChI is InChI=1S/C14H16O4/c1-3-17-13(15)10-9-11-7-5-6-8-12(11)14(16)18-4-2/h5-10H,3-4H2,1-2H3/b10-9+. The first-order valence-electron chi connectivity index (χ1n) is 5.80. The van der Waals surface area contributed by atoms with Crippen LogP contribution in [0.3, 0.4) is 0 Å². The van der Waals surface area contributed by atoms with Gasteiger partial charge in [-0.2, -0.15) is 0 Å². The second kappa shape index (κ2) is 7.27. The van der Waals surface area contributed by atoms with Crippen LogP contribution in [-0.2, 0) is 14.3 Å². The maximum absolute atomic E-state index is 11.7. The van der Waals surface area contributed by atoms with Crippen LogP contribution in [0.4, 0.5) is 0 Å². The van der Waals surface area contributed by atoms with E-state index in [0.717, 1.165) is 0 Å². The lowest BCUT2D eigenvalue weighted by Gasteiger charge is -2.04. The van der Waals surface area contributed by atoms with Gasteiger partial charge in [-0.05, 0) is 31.6 Å². The van der Waals surface area contributed by atoms with Crippen LogP contribution in [0.15, 0.2) is 30.3 Å². The van der Waals surface area contributed by atoms with Gasteiger partial charge < -0.3 is 9.47 Å². The molecule has 0 amide bonds. The summed E-state index contributed by atoms with van der Waals surface area (Å²) in [7, 11) is 0. The molecule has 0 N–H and O–H groups in total. The highest BCUT2D eigenvalue weighted by Gasteiger charge is 2.09. The third-order valence-corrected chi connectivity index (χ3v) is 2.14. The number of hydrogen-bond donors (Lipinski definition) is 0. The molecule has 0 unspecified atom stereocenters. The van der Waals surface area contributed by atoms with Crippen LogP contribution in [0, 0.1) is 0 Å². The van der Waals surface area contributed by atoms with Gasteiger partial charge in [0.05, 0.1) is 18.8 Å². The van der Waals surface area contributed by atoms with Crippen molar-refractivity contribution >= 4 is 18.0 Å². The molecule has 96 valence electrons. The average Bonchev–Trinajstić information content (AvgIpc) is 2.37. The molecule has 0 heterocycles. The Morgan fingerprint density at radius 1 is 1.11 bits per heavy atom. The molecular formula is C14H16O4. The number of carbonyl (C=O) groups is 2. The van der Waals surface area contributed by atoms with Crippen LogP contribution in [0.2, 0.25) is 0 Å². The van der Waals surface area contributed by atoms with E-state index < -0.39 is 11.9 Å². The lowest BCUT2D eigenvalue weighted by Crippen LogP contribution is -2.06. The first-order valence-corrected chi connectivity index (χ1v) is 5.80. The van der Waals surface area contributed by atoms with Gasteiger partial charge in [-0.3, -0.25) is 0 Å². The Balaban J connectivity index is 2.88. The van der Waals surface area contributed by atoms with Gasteiger partial charge in [0, 0.05) is 6.08 Å². The van der Waals surface area contributed by atoms with Crippen molar-refractivity contribution in [2.75, 3.05) is 13.2 Å². The predicted molar refractivity (Wildman–Crippen MR) is 68.1 cm³/mol. The van der Waals surface area contributed by atoms with Gasteiger partial charge in [-0.1, -0.05) is 18.2 Å². The van der Waals surface area contributed by atoms with Gasteiger partial charge in [0.15, 0.2) is 0 Å². The zero-order valence-electron chi connectivity index (χ0n) is 10.5. The molecule has 4 heteroatoms. The predicted octanol–water partition coefficient (Wildman–Crippen LogP) is 2.44. The molecular weight excluding hydrogens is 232 g/mol. The van der Waals surface area contributed by atoms with Gasteiger partial charge in [0.2, 0.25) is 0 Å². The Labute approximate surface area is 106 Å². The minimum atomic E-state index is -0.434. The Morgan fingerprint density at radius 3 is 2.44 bits per heavy atom. The number of hydrogen-bond acceptors (Lipinski definition) is 4. The van der Waals surface area contributed by atoms with Gasteiger partial charge >= 0.3 is 11.9 Å². The minimum absolute atomic E-state index is 0.314. The quantitative estimate of drug-likeness (QED) is 0.593. The summed E-state index contributed by atoms with van der Waals surface area (Å²) < 4.78 is 9.70. The smallest absolute Gasteiger partial charge is 0.338 e. The molecule has 0 aromatic heterocycles. The van der Waals surface area contributed by atoms with Gasteiger partial charge in [-0.15, -0.1) is 0 Å². The van der Waals surface area contributed by atoms with Crippen molar-refractivity contribution in [3.8, 4) is 0 Å². The second-order valence-electron chi connectivity index (χ2n) is 3.39. The summed E-state index contributed by atoms with van der Waals surface area (Å²) in [6.07, 6.45) is 2.84. The van der Waals surface area contributed by atoms with Crippen LogP contribution in [0.25, 0.3) is 6.08 Å². The maximum atomic E-state index is 11.7. The van der Waals surface area contributed by atoms with E-state index in [2.05, 4.69) is 0 Å². The molecule has 0 aliphatic heterocycles. The first kappa shape index (κ1) is 14.0. The largest absolute Gasteiger partial charge is 0.463 e. The molecule has 0 saturated carbocycles. The third kappa shape index (κ3) is 4.05. The zero-order chi connectivity index (χ0) is 13.4. The van der Waals surface area contributed by atoms with E-state index >= 15 is 0 Å². The van der Waals surface area contributed by atoms with E-state index in [4.69, 9.17) is 9.47 Å². The zero-order valence-corrected chi connectivity index (χ0v) is 10.5. The molecule has 0 spiro atoms. The summed E-state index contributed by atoms with van der Waals surface area (Å²) >= 11 is 0. The fourth-order valence-corrected chi connectivity index (χ4v) is 1.39. The van der Waals surface area contributed by atoms with Gasteiger partial charge in [0.1, 0.15) is 0 Å². The molecule has 4 nitrogen and oxygen atoms in total. The lowest BCUT2D eigenvalue weighted by molar-refractivity contribution is -0.137. The normalized spacial score (nSPS) is 10.3. The van der Waals surface area contributed by atoms with Crippen LogP contribution in [0.1, 0.15) is 29.8 Å². The Hall–Kier alpha value is -2.10. The van der Waals surface area contributed by atoms with Gasteiger partial charge in [-0.25, -0.2) is 9.59 Å². The summed E-state index contributed by atoms with van der Waals surface area (Å²) in [6.45, 7) is 4.12. The SMILES string of the molecule is CCOC(=O)/C=C/c1ccccc1C(=O)OCC. The third-order valence-electron chi connectivity index (χ3n) is 2.14. The number of carbonyl (C=O) groups excluding carboxylic acids is 2. The number of ether oxygens (including phenoxy) is 2. The lowest BCUT2D eigenvalue weighted by atomic mass is 10.1. The minimum Gasteiger partial charge on any atom is -0.463 e. The molecule has 0 bridgehead atoms. The van der Waals surface area contributed by atoms with E-state index in [9.17, 15) is 9.59 Å². The molecule has 1 aromatic carbocycles. The van der Waals surface area contributed by atoms with Crippen molar-refractivity contribution in [1.82, 2.24) is 0 Å². The van der Waals surface area contributed by atoms with Crippen LogP contribution < -0.4 is 0 Å². The highest BCUT2D eigenvalue weighted by molar-refractivity contribution is 5.95. The summed E-state index contributed by atoms with van der Waals surface area (Å²) in [6, 6.07) is 6.92. The average molecular weight is 248 g/mol. The molecule has 0 radical (unpaired) electrons. The second-order valence-corrected chi connectivity index (χ2v) is 3.39. The van der Waals surface area contributed by atoms with Gasteiger partial charge in [0.25, 0.3) is 0 Å².